The van der Waals surface area contributed by atoms with Crippen LogP contribution >= 0.6 is 0 Å². The molecule has 16 heavy (non-hydrogen) atoms. The smallest absolute Gasteiger partial charge is 0.315 e. The van der Waals surface area contributed by atoms with Crippen molar-refractivity contribution < 1.29 is 9.90 Å². The maximum absolute atomic E-state index is 11.4. The molecule has 0 amide bonds. The lowest BCUT2D eigenvalue weighted by Gasteiger charge is -2.23. The zero-order chi connectivity index (χ0) is 11.6. The van der Waals surface area contributed by atoms with Crippen LogP contribution in [-0.2, 0) is 10.2 Å². The van der Waals surface area contributed by atoms with E-state index < -0.39 is 11.4 Å². The standard InChI is InChI=1S/C12H12N2O2/c13-7-9-2-1-3-10(6-9)12(11(15)16)4-5-14-8-12/h1-3,6,14H,4-5,8H2,(H,15,16). The summed E-state index contributed by atoms with van der Waals surface area (Å²) in [5.74, 6) is -0.826. The lowest BCUT2D eigenvalue weighted by Crippen LogP contribution is -2.37. The Morgan fingerprint density at radius 3 is 2.94 bits per heavy atom. The number of nitrogens with one attached hydrogen (secondary N) is 1. The Balaban J connectivity index is 2.48. The Bertz CT molecular complexity index is 456. The number of hydrogen-bond acceptors (Lipinski definition) is 3. The van der Waals surface area contributed by atoms with Crippen molar-refractivity contribution in [3.05, 3.63) is 35.4 Å². The molecular weight excluding hydrogens is 204 g/mol. The number of carbonyl (C=O) groups is 1. The Labute approximate surface area is 93.5 Å². The van der Waals surface area contributed by atoms with Gasteiger partial charge in [-0.15, -0.1) is 0 Å². The van der Waals surface area contributed by atoms with Crippen molar-refractivity contribution in [2.75, 3.05) is 13.1 Å². The van der Waals surface area contributed by atoms with Gasteiger partial charge in [0.1, 0.15) is 5.41 Å². The van der Waals surface area contributed by atoms with Crippen molar-refractivity contribution in [3.8, 4) is 6.07 Å². The third kappa shape index (κ3) is 1.55. The van der Waals surface area contributed by atoms with Crippen molar-refractivity contribution in [1.82, 2.24) is 5.32 Å². The molecular formula is C12H12N2O2. The minimum Gasteiger partial charge on any atom is -0.481 e. The number of nitriles is 1. The molecule has 1 aliphatic heterocycles. The highest BCUT2D eigenvalue weighted by atomic mass is 16.4. The first-order chi connectivity index (χ1) is 7.69. The highest BCUT2D eigenvalue weighted by Gasteiger charge is 2.43. The summed E-state index contributed by atoms with van der Waals surface area (Å²) in [4.78, 5) is 11.4. The molecule has 0 spiro atoms. The number of carboxylic acid groups (broad SMARTS) is 1. The van der Waals surface area contributed by atoms with Gasteiger partial charge in [-0.05, 0) is 30.7 Å². The van der Waals surface area contributed by atoms with Crippen LogP contribution in [0.3, 0.4) is 0 Å². The number of benzene rings is 1. The van der Waals surface area contributed by atoms with E-state index in [1.165, 1.54) is 0 Å². The number of hydrogen-bond donors (Lipinski definition) is 2. The van der Waals surface area contributed by atoms with Gasteiger partial charge in [0.05, 0.1) is 11.6 Å². The van der Waals surface area contributed by atoms with Gasteiger partial charge < -0.3 is 10.4 Å². The van der Waals surface area contributed by atoms with Gasteiger partial charge in [0, 0.05) is 6.54 Å². The SMILES string of the molecule is N#Cc1cccc(C2(C(=O)O)CCNC2)c1. The molecule has 82 valence electrons. The van der Waals surface area contributed by atoms with Crippen molar-refractivity contribution in [3.63, 3.8) is 0 Å². The second-order valence-electron chi connectivity index (χ2n) is 4.01. The Hall–Kier alpha value is -1.86. The zero-order valence-corrected chi connectivity index (χ0v) is 8.73. The summed E-state index contributed by atoms with van der Waals surface area (Å²) in [6, 6.07) is 8.90. The summed E-state index contributed by atoms with van der Waals surface area (Å²) in [6.07, 6.45) is 0.567. The molecule has 1 fully saturated rings. The van der Waals surface area contributed by atoms with Crippen LogP contribution in [0.15, 0.2) is 24.3 Å². The Kier molecular flexibility index (Phi) is 2.63. The molecule has 1 unspecified atom stereocenters. The van der Waals surface area contributed by atoms with E-state index in [1.54, 1.807) is 24.3 Å². The summed E-state index contributed by atoms with van der Waals surface area (Å²) < 4.78 is 0. The third-order valence-electron chi connectivity index (χ3n) is 3.11. The molecule has 1 saturated heterocycles. The summed E-state index contributed by atoms with van der Waals surface area (Å²) in [5.41, 5.74) is 0.349. The number of carboxylic acids is 1. The van der Waals surface area contributed by atoms with E-state index in [-0.39, 0.29) is 0 Å². The van der Waals surface area contributed by atoms with E-state index in [1.807, 2.05) is 6.07 Å². The molecule has 0 aromatic heterocycles. The van der Waals surface area contributed by atoms with Gasteiger partial charge in [-0.3, -0.25) is 4.79 Å². The van der Waals surface area contributed by atoms with Gasteiger partial charge in [-0.1, -0.05) is 12.1 Å². The molecule has 1 aromatic carbocycles. The van der Waals surface area contributed by atoms with Gasteiger partial charge >= 0.3 is 5.97 Å². The molecule has 2 N–H and O–H groups in total. The second-order valence-corrected chi connectivity index (χ2v) is 4.01. The minimum absolute atomic E-state index is 0.428. The molecule has 1 heterocycles. The minimum atomic E-state index is -0.868. The molecule has 1 aromatic rings. The molecule has 4 heteroatoms. The van der Waals surface area contributed by atoms with Crippen LogP contribution in [0.5, 0.6) is 0 Å². The summed E-state index contributed by atoms with van der Waals surface area (Å²) in [6.45, 7) is 1.13. The second kappa shape index (κ2) is 3.95. The van der Waals surface area contributed by atoms with Crippen LogP contribution in [0.1, 0.15) is 17.5 Å². The summed E-state index contributed by atoms with van der Waals surface area (Å²) >= 11 is 0. The van der Waals surface area contributed by atoms with E-state index in [4.69, 9.17) is 5.26 Å². The maximum atomic E-state index is 11.4. The monoisotopic (exact) mass is 216 g/mol. The van der Waals surface area contributed by atoms with Crippen LogP contribution in [0.2, 0.25) is 0 Å². The molecule has 2 rings (SSSR count). The van der Waals surface area contributed by atoms with Crippen LogP contribution < -0.4 is 5.32 Å². The normalized spacial score (nSPS) is 23.9. The summed E-state index contributed by atoms with van der Waals surface area (Å²) in [7, 11) is 0. The van der Waals surface area contributed by atoms with Crippen molar-refractivity contribution in [1.29, 1.82) is 5.26 Å². The fraction of sp³-hybridized carbons (Fsp3) is 0.333. The molecule has 0 saturated carbocycles. The molecule has 1 aliphatic rings. The lowest BCUT2D eigenvalue weighted by molar-refractivity contribution is -0.143. The largest absolute Gasteiger partial charge is 0.481 e. The predicted octanol–water partition coefficient (Wildman–Crippen LogP) is 0.874. The molecule has 0 bridgehead atoms. The average Bonchev–Trinajstić information content (AvgIpc) is 2.79. The summed E-state index contributed by atoms with van der Waals surface area (Å²) in [5, 5.41) is 21.2. The van der Waals surface area contributed by atoms with Crippen LogP contribution in [0.25, 0.3) is 0 Å². The van der Waals surface area contributed by atoms with Gasteiger partial charge in [0.25, 0.3) is 0 Å². The van der Waals surface area contributed by atoms with Crippen LogP contribution in [0.4, 0.5) is 0 Å². The zero-order valence-electron chi connectivity index (χ0n) is 8.73. The fourth-order valence-electron chi connectivity index (χ4n) is 2.13. The van der Waals surface area contributed by atoms with Crippen LogP contribution in [-0.4, -0.2) is 24.2 Å². The van der Waals surface area contributed by atoms with Gasteiger partial charge in [0.15, 0.2) is 0 Å². The Morgan fingerprint density at radius 1 is 1.56 bits per heavy atom. The molecule has 0 radical (unpaired) electrons. The van der Waals surface area contributed by atoms with Gasteiger partial charge in [-0.2, -0.15) is 5.26 Å². The average molecular weight is 216 g/mol. The first-order valence-corrected chi connectivity index (χ1v) is 5.14. The number of nitrogens with zero attached hydrogens (tertiary/aromatic N) is 1. The third-order valence-corrected chi connectivity index (χ3v) is 3.11. The fourth-order valence-corrected chi connectivity index (χ4v) is 2.13. The highest BCUT2D eigenvalue weighted by Crippen LogP contribution is 2.31. The lowest BCUT2D eigenvalue weighted by atomic mass is 9.79. The van der Waals surface area contributed by atoms with Crippen molar-refractivity contribution in [2.24, 2.45) is 0 Å². The van der Waals surface area contributed by atoms with E-state index in [9.17, 15) is 9.90 Å². The topological polar surface area (TPSA) is 73.1 Å². The van der Waals surface area contributed by atoms with Crippen molar-refractivity contribution >= 4 is 5.97 Å². The van der Waals surface area contributed by atoms with Crippen LogP contribution in [0, 0.1) is 11.3 Å². The molecule has 0 aliphatic carbocycles. The number of rotatable bonds is 2. The first kappa shape index (κ1) is 10.7. The van der Waals surface area contributed by atoms with E-state index in [0.29, 0.717) is 30.6 Å². The highest BCUT2D eigenvalue weighted by molar-refractivity contribution is 5.82. The van der Waals surface area contributed by atoms with E-state index >= 15 is 0 Å². The van der Waals surface area contributed by atoms with E-state index in [0.717, 1.165) is 0 Å². The van der Waals surface area contributed by atoms with Gasteiger partial charge in [-0.25, -0.2) is 0 Å². The van der Waals surface area contributed by atoms with E-state index in [2.05, 4.69) is 5.32 Å². The first-order valence-electron chi connectivity index (χ1n) is 5.14. The predicted molar refractivity (Wildman–Crippen MR) is 58.0 cm³/mol. The molecule has 4 nitrogen and oxygen atoms in total. The number of aliphatic carboxylic acids is 1. The van der Waals surface area contributed by atoms with Crippen molar-refractivity contribution in [2.45, 2.75) is 11.8 Å². The Morgan fingerprint density at radius 2 is 2.38 bits per heavy atom. The van der Waals surface area contributed by atoms with Gasteiger partial charge in [0.2, 0.25) is 0 Å². The maximum Gasteiger partial charge on any atom is 0.315 e. The molecule has 1 atom stereocenters. The quantitative estimate of drug-likeness (QED) is 0.769.